The van der Waals surface area contributed by atoms with Crippen LogP contribution < -0.4 is 0 Å². The summed E-state index contributed by atoms with van der Waals surface area (Å²) in [6.45, 7) is 8.12. The molecule has 0 atom stereocenters. The summed E-state index contributed by atoms with van der Waals surface area (Å²) >= 11 is 0. The van der Waals surface area contributed by atoms with Crippen molar-refractivity contribution >= 4 is 11.9 Å². The van der Waals surface area contributed by atoms with Crippen molar-refractivity contribution in [3.8, 4) is 0 Å². The molecule has 0 aliphatic carbocycles. The second kappa shape index (κ2) is 9.17. The van der Waals surface area contributed by atoms with Crippen LogP contribution in [0.3, 0.4) is 0 Å². The molecule has 0 radical (unpaired) electrons. The van der Waals surface area contributed by atoms with E-state index in [0.29, 0.717) is 0 Å². The molecule has 1 fully saturated rings. The molecule has 1 aliphatic heterocycles. The Kier molecular flexibility index (Phi) is 7.56. The molecule has 0 bridgehead atoms. The third kappa shape index (κ3) is 7.19. The van der Waals surface area contributed by atoms with Gasteiger partial charge >= 0.3 is 11.9 Å². The van der Waals surface area contributed by atoms with Crippen LogP contribution in [0.4, 0.5) is 0 Å². The van der Waals surface area contributed by atoms with E-state index in [-0.39, 0.29) is 0 Å². The fraction of sp³-hybridized carbons (Fsp3) is 0.500. The first-order valence-electron chi connectivity index (χ1n) is 7.31. The highest BCUT2D eigenvalue weighted by Crippen LogP contribution is 2.09. The monoisotopic (exact) mass is 308 g/mol. The minimum atomic E-state index is -1.82. The highest BCUT2D eigenvalue weighted by atomic mass is 16.4. The number of carbonyl (C=O) groups is 2. The first-order valence-corrected chi connectivity index (χ1v) is 7.31. The topological polar surface area (TPSA) is 81.1 Å². The molecule has 2 N–H and O–H groups in total. The van der Waals surface area contributed by atoms with Crippen molar-refractivity contribution in [2.24, 2.45) is 0 Å². The van der Waals surface area contributed by atoms with E-state index in [0.717, 1.165) is 6.54 Å². The first kappa shape index (κ1) is 18.1. The van der Waals surface area contributed by atoms with Crippen LogP contribution in [0.1, 0.15) is 17.5 Å². The fourth-order valence-corrected chi connectivity index (χ4v) is 2.21. The van der Waals surface area contributed by atoms with Gasteiger partial charge in [0.05, 0.1) is 0 Å². The molecular weight excluding hydrogens is 284 g/mol. The van der Waals surface area contributed by atoms with Gasteiger partial charge in [0.15, 0.2) is 0 Å². The number of benzene rings is 1. The van der Waals surface area contributed by atoms with E-state index in [1.807, 2.05) is 0 Å². The fourth-order valence-electron chi connectivity index (χ4n) is 2.21. The zero-order valence-electron chi connectivity index (χ0n) is 13.2. The predicted octanol–water partition coefficient (Wildman–Crippen LogP) is 1.29. The number of carboxylic acid groups (broad SMARTS) is 2. The molecule has 0 unspecified atom stereocenters. The Morgan fingerprint density at radius 2 is 1.59 bits per heavy atom. The Morgan fingerprint density at radius 1 is 1.00 bits per heavy atom. The summed E-state index contributed by atoms with van der Waals surface area (Å²) in [7, 11) is 2.22. The molecule has 22 heavy (non-hydrogen) atoms. The number of hydrogen-bond acceptors (Lipinski definition) is 4. The lowest BCUT2D eigenvalue weighted by Gasteiger charge is -2.20. The largest absolute Gasteiger partial charge is 0.473 e. The average Bonchev–Trinajstić information content (AvgIpc) is 2.67. The first-order chi connectivity index (χ1) is 10.4. The van der Waals surface area contributed by atoms with Crippen LogP contribution in [-0.2, 0) is 16.1 Å². The number of rotatable bonds is 2. The minimum absolute atomic E-state index is 1.11. The smallest absolute Gasteiger partial charge is 0.414 e. The maximum absolute atomic E-state index is 9.10. The van der Waals surface area contributed by atoms with Crippen LogP contribution in [-0.4, -0.2) is 65.2 Å². The standard InChI is InChI=1S/C14H22N2.C2H2O4/c1-13-4-6-14(7-5-13)12-16-9-3-8-15(2)10-11-16;3-1(4)2(5)6/h4-7H,3,8-12H2,1-2H3;(H,3,4)(H,5,6). The summed E-state index contributed by atoms with van der Waals surface area (Å²) in [5.41, 5.74) is 2.79. The third-order valence-electron chi connectivity index (χ3n) is 3.52. The van der Waals surface area contributed by atoms with Gasteiger partial charge in [-0.2, -0.15) is 0 Å². The van der Waals surface area contributed by atoms with Gasteiger partial charge < -0.3 is 15.1 Å². The molecule has 1 aromatic rings. The van der Waals surface area contributed by atoms with Crippen molar-refractivity contribution in [3.63, 3.8) is 0 Å². The zero-order valence-corrected chi connectivity index (χ0v) is 13.2. The highest BCUT2D eigenvalue weighted by Gasteiger charge is 2.11. The van der Waals surface area contributed by atoms with Gasteiger partial charge in [0.1, 0.15) is 0 Å². The van der Waals surface area contributed by atoms with E-state index < -0.39 is 11.9 Å². The maximum atomic E-state index is 9.10. The van der Waals surface area contributed by atoms with Crippen LogP contribution >= 0.6 is 0 Å². The van der Waals surface area contributed by atoms with Crippen LogP contribution in [0.15, 0.2) is 24.3 Å². The van der Waals surface area contributed by atoms with Crippen LogP contribution in [0.2, 0.25) is 0 Å². The number of carboxylic acids is 2. The Bertz CT molecular complexity index is 475. The molecule has 6 nitrogen and oxygen atoms in total. The summed E-state index contributed by atoms with van der Waals surface area (Å²) < 4.78 is 0. The lowest BCUT2D eigenvalue weighted by molar-refractivity contribution is -0.159. The minimum Gasteiger partial charge on any atom is -0.473 e. The second-order valence-electron chi connectivity index (χ2n) is 5.53. The number of hydrogen-bond donors (Lipinski definition) is 2. The van der Waals surface area contributed by atoms with E-state index in [4.69, 9.17) is 19.8 Å². The molecule has 6 heteroatoms. The Morgan fingerprint density at radius 3 is 2.14 bits per heavy atom. The Balaban J connectivity index is 0.000000346. The summed E-state index contributed by atoms with van der Waals surface area (Å²) in [6.07, 6.45) is 1.29. The Labute approximate surface area is 131 Å². The lowest BCUT2D eigenvalue weighted by Crippen LogP contribution is -2.28. The number of nitrogens with zero attached hydrogens (tertiary/aromatic N) is 2. The molecule has 1 saturated heterocycles. The van der Waals surface area contributed by atoms with Crippen LogP contribution in [0.25, 0.3) is 0 Å². The molecule has 0 amide bonds. The van der Waals surface area contributed by atoms with E-state index in [2.05, 4.69) is 48.0 Å². The predicted molar refractivity (Wildman–Crippen MR) is 83.8 cm³/mol. The van der Waals surface area contributed by atoms with Gasteiger partial charge in [-0.05, 0) is 39.0 Å². The summed E-state index contributed by atoms with van der Waals surface area (Å²) in [4.78, 5) is 23.2. The van der Waals surface area contributed by atoms with Crippen LogP contribution in [0, 0.1) is 6.92 Å². The van der Waals surface area contributed by atoms with Gasteiger partial charge in [0.25, 0.3) is 0 Å². The summed E-state index contributed by atoms with van der Waals surface area (Å²) in [6, 6.07) is 8.92. The van der Waals surface area contributed by atoms with E-state index in [1.54, 1.807) is 0 Å². The SMILES string of the molecule is Cc1ccc(CN2CCCN(C)CC2)cc1.O=C(O)C(=O)O. The van der Waals surface area contributed by atoms with Crippen molar-refractivity contribution in [2.45, 2.75) is 19.9 Å². The van der Waals surface area contributed by atoms with Crippen molar-refractivity contribution in [2.75, 3.05) is 33.2 Å². The molecule has 1 aromatic carbocycles. The van der Waals surface area contributed by atoms with Crippen molar-refractivity contribution < 1.29 is 19.8 Å². The molecule has 2 rings (SSSR count). The van der Waals surface area contributed by atoms with Gasteiger partial charge in [0, 0.05) is 19.6 Å². The highest BCUT2D eigenvalue weighted by molar-refractivity contribution is 6.27. The van der Waals surface area contributed by atoms with E-state index in [1.165, 1.54) is 43.7 Å². The molecule has 1 aliphatic rings. The van der Waals surface area contributed by atoms with E-state index in [9.17, 15) is 0 Å². The zero-order chi connectivity index (χ0) is 16.5. The van der Waals surface area contributed by atoms with Gasteiger partial charge in [0.2, 0.25) is 0 Å². The average molecular weight is 308 g/mol. The molecule has 122 valence electrons. The van der Waals surface area contributed by atoms with Gasteiger partial charge in [-0.25, -0.2) is 9.59 Å². The molecular formula is C16H24N2O4. The summed E-state index contributed by atoms with van der Waals surface area (Å²) in [5.74, 6) is -3.65. The summed E-state index contributed by atoms with van der Waals surface area (Å²) in [5, 5.41) is 14.8. The number of aliphatic carboxylic acids is 2. The number of likely N-dealkylation sites (N-methyl/N-ethyl adjacent to an activating group) is 1. The van der Waals surface area contributed by atoms with Gasteiger partial charge in [-0.1, -0.05) is 29.8 Å². The lowest BCUT2D eigenvalue weighted by atomic mass is 10.1. The second-order valence-corrected chi connectivity index (χ2v) is 5.53. The molecule has 0 spiro atoms. The molecule has 0 aromatic heterocycles. The normalized spacial score (nSPS) is 16.3. The quantitative estimate of drug-likeness (QED) is 0.801. The molecule has 1 heterocycles. The van der Waals surface area contributed by atoms with E-state index >= 15 is 0 Å². The van der Waals surface area contributed by atoms with Crippen molar-refractivity contribution in [1.29, 1.82) is 0 Å². The van der Waals surface area contributed by atoms with Gasteiger partial charge in [-0.15, -0.1) is 0 Å². The number of aryl methyl sites for hydroxylation is 1. The third-order valence-corrected chi connectivity index (χ3v) is 3.52. The van der Waals surface area contributed by atoms with Crippen molar-refractivity contribution in [3.05, 3.63) is 35.4 Å². The maximum Gasteiger partial charge on any atom is 0.414 e. The Hall–Kier alpha value is -1.92. The van der Waals surface area contributed by atoms with Gasteiger partial charge in [-0.3, -0.25) is 4.90 Å². The van der Waals surface area contributed by atoms with Crippen molar-refractivity contribution in [1.82, 2.24) is 9.80 Å². The molecule has 0 saturated carbocycles. The van der Waals surface area contributed by atoms with Crippen LogP contribution in [0.5, 0.6) is 0 Å².